The Morgan fingerprint density at radius 1 is 1.62 bits per heavy atom. The van der Waals surface area contributed by atoms with Crippen LogP contribution in [-0.4, -0.2) is 17.7 Å². The number of nitrogens with one attached hydrogen (secondary N) is 2. The summed E-state index contributed by atoms with van der Waals surface area (Å²) >= 11 is 1.76. The van der Waals surface area contributed by atoms with Gasteiger partial charge >= 0.3 is 0 Å². The Labute approximate surface area is 102 Å². The van der Waals surface area contributed by atoms with Gasteiger partial charge in [-0.3, -0.25) is 4.79 Å². The Balaban J connectivity index is 2.51. The fourth-order valence-electron chi connectivity index (χ4n) is 1.35. The van der Waals surface area contributed by atoms with Gasteiger partial charge in [0.1, 0.15) is 0 Å². The molecule has 1 fully saturated rings. The lowest BCUT2D eigenvalue weighted by molar-refractivity contribution is -0.109. The molecule has 16 heavy (non-hydrogen) atoms. The zero-order valence-electron chi connectivity index (χ0n) is 9.74. The topological polar surface area (TPSA) is 41.1 Å². The van der Waals surface area contributed by atoms with Crippen LogP contribution in [0.15, 0.2) is 24.4 Å². The lowest BCUT2D eigenvalue weighted by atomic mass is 10.1. The number of hydrogen-bond acceptors (Lipinski definition) is 3. The SMILES string of the molecule is C=CCC(NC=O)/C(=C\CC)NSC1CC1. The third-order valence-corrected chi connectivity index (χ3v) is 3.50. The quantitative estimate of drug-likeness (QED) is 0.369. The van der Waals surface area contributed by atoms with Gasteiger partial charge in [0, 0.05) is 10.9 Å². The highest BCUT2D eigenvalue weighted by Gasteiger charge is 2.23. The maximum Gasteiger partial charge on any atom is 0.207 e. The Kier molecular flexibility index (Phi) is 6.08. The molecule has 3 nitrogen and oxygen atoms in total. The summed E-state index contributed by atoms with van der Waals surface area (Å²) in [5, 5.41) is 3.57. The summed E-state index contributed by atoms with van der Waals surface area (Å²) in [4.78, 5) is 10.5. The van der Waals surface area contributed by atoms with Crippen molar-refractivity contribution >= 4 is 18.4 Å². The van der Waals surface area contributed by atoms with E-state index in [-0.39, 0.29) is 6.04 Å². The van der Waals surface area contributed by atoms with Crippen molar-refractivity contribution in [3.63, 3.8) is 0 Å². The summed E-state index contributed by atoms with van der Waals surface area (Å²) in [6.45, 7) is 5.81. The molecule has 0 bridgehead atoms. The van der Waals surface area contributed by atoms with E-state index >= 15 is 0 Å². The zero-order chi connectivity index (χ0) is 11.8. The second kappa shape index (κ2) is 7.39. The molecule has 1 aliphatic carbocycles. The molecular weight excluding hydrogens is 220 g/mol. The lowest BCUT2D eigenvalue weighted by Crippen LogP contribution is -2.33. The number of hydrogen-bond donors (Lipinski definition) is 2. The molecule has 0 aromatic heterocycles. The minimum Gasteiger partial charge on any atom is -0.350 e. The van der Waals surface area contributed by atoms with Gasteiger partial charge in [0.25, 0.3) is 0 Å². The maximum absolute atomic E-state index is 10.5. The summed E-state index contributed by atoms with van der Waals surface area (Å²) in [6.07, 6.45) is 9.01. The molecule has 0 spiro atoms. The van der Waals surface area contributed by atoms with Crippen molar-refractivity contribution in [2.75, 3.05) is 0 Å². The molecule has 0 aliphatic heterocycles. The first-order valence-corrected chi connectivity index (χ1v) is 6.62. The summed E-state index contributed by atoms with van der Waals surface area (Å²) in [5.74, 6) is 0. The van der Waals surface area contributed by atoms with Crippen LogP contribution in [0.3, 0.4) is 0 Å². The monoisotopic (exact) mass is 240 g/mol. The Bertz CT molecular complexity index is 252. The molecule has 4 heteroatoms. The van der Waals surface area contributed by atoms with Gasteiger partial charge in [-0.05, 0) is 37.6 Å². The van der Waals surface area contributed by atoms with Gasteiger partial charge in [0.05, 0.1) is 6.04 Å². The molecule has 2 N–H and O–H groups in total. The number of carbonyl (C=O) groups excluding carboxylic acids is 1. The van der Waals surface area contributed by atoms with Crippen molar-refractivity contribution in [2.24, 2.45) is 0 Å². The third-order valence-electron chi connectivity index (χ3n) is 2.34. The average Bonchev–Trinajstić information content (AvgIpc) is 3.08. The second-order valence-electron chi connectivity index (χ2n) is 3.85. The molecule has 1 saturated carbocycles. The Morgan fingerprint density at radius 2 is 2.38 bits per heavy atom. The van der Waals surface area contributed by atoms with Gasteiger partial charge in [-0.15, -0.1) is 6.58 Å². The molecule has 0 aromatic rings. The van der Waals surface area contributed by atoms with Crippen molar-refractivity contribution in [3.05, 3.63) is 24.4 Å². The van der Waals surface area contributed by atoms with Gasteiger partial charge in [-0.2, -0.15) is 0 Å². The van der Waals surface area contributed by atoms with Crippen LogP contribution in [0.1, 0.15) is 32.6 Å². The first kappa shape index (κ1) is 13.2. The van der Waals surface area contributed by atoms with Crippen LogP contribution < -0.4 is 10.0 Å². The van der Waals surface area contributed by atoms with Gasteiger partial charge in [0.2, 0.25) is 6.41 Å². The highest BCUT2D eigenvalue weighted by molar-refractivity contribution is 7.98. The largest absolute Gasteiger partial charge is 0.350 e. The van der Waals surface area contributed by atoms with Crippen molar-refractivity contribution in [1.82, 2.24) is 10.0 Å². The zero-order valence-corrected chi connectivity index (χ0v) is 10.6. The van der Waals surface area contributed by atoms with E-state index in [2.05, 4.69) is 29.6 Å². The fraction of sp³-hybridized carbons (Fsp3) is 0.583. The van der Waals surface area contributed by atoms with Crippen LogP contribution in [0, 0.1) is 0 Å². The molecule has 1 atom stereocenters. The van der Waals surface area contributed by atoms with Crippen molar-refractivity contribution in [3.8, 4) is 0 Å². The Hall–Kier alpha value is -0.900. The number of amides is 1. The van der Waals surface area contributed by atoms with Crippen LogP contribution in [0.4, 0.5) is 0 Å². The molecule has 0 aromatic carbocycles. The minimum atomic E-state index is 0.0289. The van der Waals surface area contributed by atoms with Gasteiger partial charge in [-0.1, -0.05) is 19.1 Å². The standard InChI is InChI=1S/C12H20N2OS/c1-3-5-11(13-9-15)12(6-4-2)14-16-10-7-8-10/h3,6,9-11,14H,1,4-5,7-8H2,2H3,(H,13,15)/b12-6+. The molecule has 1 unspecified atom stereocenters. The van der Waals surface area contributed by atoms with Crippen LogP contribution >= 0.6 is 11.9 Å². The predicted molar refractivity (Wildman–Crippen MR) is 69.9 cm³/mol. The van der Waals surface area contributed by atoms with E-state index in [4.69, 9.17) is 0 Å². The number of rotatable bonds is 9. The highest BCUT2D eigenvalue weighted by atomic mass is 32.2. The molecule has 0 saturated heterocycles. The predicted octanol–water partition coefficient (Wildman–Crippen LogP) is 2.37. The first-order chi connectivity index (χ1) is 7.81. The van der Waals surface area contributed by atoms with Crippen molar-refractivity contribution in [2.45, 2.75) is 43.9 Å². The molecule has 0 radical (unpaired) electrons. The normalized spacial score (nSPS) is 17.7. The minimum absolute atomic E-state index is 0.0289. The molecular formula is C12H20N2OS. The lowest BCUT2D eigenvalue weighted by Gasteiger charge is -2.19. The van der Waals surface area contributed by atoms with E-state index < -0.39 is 0 Å². The van der Waals surface area contributed by atoms with E-state index in [0.717, 1.165) is 30.2 Å². The Morgan fingerprint density at radius 3 is 2.88 bits per heavy atom. The third kappa shape index (κ3) is 4.75. The van der Waals surface area contributed by atoms with E-state index in [1.54, 1.807) is 11.9 Å². The fourth-order valence-corrected chi connectivity index (χ4v) is 2.25. The first-order valence-electron chi connectivity index (χ1n) is 5.74. The second-order valence-corrected chi connectivity index (χ2v) is 4.95. The smallest absolute Gasteiger partial charge is 0.207 e. The van der Waals surface area contributed by atoms with Crippen molar-refractivity contribution < 1.29 is 4.79 Å². The summed E-state index contributed by atoms with van der Waals surface area (Å²) < 4.78 is 3.36. The molecule has 90 valence electrons. The van der Waals surface area contributed by atoms with E-state index in [1.165, 1.54) is 12.8 Å². The van der Waals surface area contributed by atoms with Crippen LogP contribution in [0.2, 0.25) is 0 Å². The number of carbonyl (C=O) groups is 1. The summed E-state index contributed by atoms with van der Waals surface area (Å²) in [5.41, 5.74) is 1.09. The highest BCUT2D eigenvalue weighted by Crippen LogP contribution is 2.32. The van der Waals surface area contributed by atoms with Gasteiger partial charge in [-0.25, -0.2) is 0 Å². The summed E-state index contributed by atoms with van der Waals surface area (Å²) in [6, 6.07) is 0.0289. The van der Waals surface area contributed by atoms with E-state index in [1.807, 2.05) is 6.08 Å². The van der Waals surface area contributed by atoms with Gasteiger partial charge in [0.15, 0.2) is 0 Å². The maximum atomic E-state index is 10.5. The average molecular weight is 240 g/mol. The van der Waals surface area contributed by atoms with Crippen molar-refractivity contribution in [1.29, 1.82) is 0 Å². The van der Waals surface area contributed by atoms with Crippen LogP contribution in [0.5, 0.6) is 0 Å². The van der Waals surface area contributed by atoms with Crippen LogP contribution in [0.25, 0.3) is 0 Å². The molecule has 1 aliphatic rings. The molecule has 0 heterocycles. The van der Waals surface area contributed by atoms with Crippen LogP contribution in [-0.2, 0) is 4.79 Å². The number of allylic oxidation sites excluding steroid dienone is 1. The van der Waals surface area contributed by atoms with E-state index in [0.29, 0.717) is 0 Å². The van der Waals surface area contributed by atoms with Gasteiger partial charge < -0.3 is 10.0 Å². The molecule has 1 rings (SSSR count). The van der Waals surface area contributed by atoms with E-state index in [9.17, 15) is 4.79 Å². The molecule has 1 amide bonds. The summed E-state index contributed by atoms with van der Waals surface area (Å²) in [7, 11) is 0.